The number of benzene rings is 1. The van der Waals surface area contributed by atoms with E-state index in [-0.39, 0.29) is 22.8 Å². The zero-order valence-electron chi connectivity index (χ0n) is 19.5. The smallest absolute Gasteiger partial charge is 0.360 e. The Kier molecular flexibility index (Phi) is 6.68. The van der Waals surface area contributed by atoms with Crippen molar-refractivity contribution in [2.75, 3.05) is 23.8 Å². The van der Waals surface area contributed by atoms with Crippen LogP contribution in [0.5, 0.6) is 0 Å². The Morgan fingerprint density at radius 2 is 1.91 bits per heavy atom. The van der Waals surface area contributed by atoms with Gasteiger partial charge in [-0.2, -0.15) is 18.3 Å². The minimum absolute atomic E-state index is 0.0683. The normalized spacial score (nSPS) is 11.6. The number of anilines is 2. The number of aromatic nitrogens is 5. The van der Waals surface area contributed by atoms with Gasteiger partial charge in [0, 0.05) is 25.2 Å². The van der Waals surface area contributed by atoms with E-state index in [1.807, 2.05) is 11.9 Å². The number of rotatable bonds is 7. The number of nitrogens with zero attached hydrogens (tertiary/aromatic N) is 6. The molecular formula is C24H24F3N7O. The minimum Gasteiger partial charge on any atom is -0.360 e. The van der Waals surface area contributed by atoms with Crippen LogP contribution in [0.15, 0.2) is 48.8 Å². The number of carbonyl (C=O) groups excluding carboxylic acids is 1. The molecule has 35 heavy (non-hydrogen) atoms. The van der Waals surface area contributed by atoms with Gasteiger partial charge in [0.25, 0.3) is 5.91 Å². The molecule has 4 rings (SSSR count). The molecule has 3 aromatic heterocycles. The summed E-state index contributed by atoms with van der Waals surface area (Å²) >= 11 is 0. The SMILES string of the molecule is CCCCN(C)c1cc(NC(=O)c2c(C)nc3ccc(-c4ccccc4C(F)(F)F)nn23)ncn1. The van der Waals surface area contributed by atoms with Gasteiger partial charge in [0.05, 0.1) is 17.0 Å². The fourth-order valence-corrected chi connectivity index (χ4v) is 3.71. The van der Waals surface area contributed by atoms with Crippen LogP contribution in [-0.2, 0) is 6.18 Å². The molecular weight excluding hydrogens is 459 g/mol. The van der Waals surface area contributed by atoms with Gasteiger partial charge in [-0.3, -0.25) is 4.79 Å². The van der Waals surface area contributed by atoms with E-state index in [1.54, 1.807) is 13.0 Å². The number of nitrogens with one attached hydrogen (secondary N) is 1. The lowest BCUT2D eigenvalue weighted by molar-refractivity contribution is -0.137. The fraction of sp³-hybridized carbons (Fsp3) is 0.292. The van der Waals surface area contributed by atoms with Crippen molar-refractivity contribution in [1.29, 1.82) is 0 Å². The van der Waals surface area contributed by atoms with Gasteiger partial charge in [0.2, 0.25) is 0 Å². The van der Waals surface area contributed by atoms with Gasteiger partial charge in [-0.25, -0.2) is 19.5 Å². The van der Waals surface area contributed by atoms with Gasteiger partial charge in [-0.1, -0.05) is 31.5 Å². The maximum absolute atomic E-state index is 13.5. The molecule has 4 aromatic rings. The molecule has 0 radical (unpaired) electrons. The summed E-state index contributed by atoms with van der Waals surface area (Å²) in [6, 6.07) is 9.82. The Hall–Kier alpha value is -4.02. The standard InChI is InChI=1S/C24H24F3N7O/c1-4-5-12-33(3)21-13-19(28-14-29-21)31-23(35)22-15(2)30-20-11-10-18(32-34(20)22)16-8-6-7-9-17(16)24(25,26)27/h6-11,13-14H,4-5,12H2,1-3H3,(H,28,29,31,35). The van der Waals surface area contributed by atoms with Gasteiger partial charge < -0.3 is 10.2 Å². The van der Waals surface area contributed by atoms with Crippen molar-refractivity contribution in [3.8, 4) is 11.3 Å². The molecule has 0 bridgehead atoms. The van der Waals surface area contributed by atoms with E-state index in [0.717, 1.165) is 25.5 Å². The van der Waals surface area contributed by atoms with Crippen LogP contribution in [0.25, 0.3) is 16.9 Å². The van der Waals surface area contributed by atoms with Gasteiger partial charge in [-0.15, -0.1) is 0 Å². The molecule has 0 fully saturated rings. The Morgan fingerprint density at radius 3 is 2.66 bits per heavy atom. The summed E-state index contributed by atoms with van der Waals surface area (Å²) in [7, 11) is 1.91. The molecule has 3 heterocycles. The molecule has 0 saturated heterocycles. The fourth-order valence-electron chi connectivity index (χ4n) is 3.71. The number of alkyl halides is 3. The van der Waals surface area contributed by atoms with Gasteiger partial charge in [0.1, 0.15) is 18.0 Å². The molecule has 0 unspecified atom stereocenters. The van der Waals surface area contributed by atoms with Crippen LogP contribution in [-0.4, -0.2) is 44.1 Å². The van der Waals surface area contributed by atoms with Crippen molar-refractivity contribution >= 4 is 23.2 Å². The molecule has 1 aromatic carbocycles. The third kappa shape index (κ3) is 5.08. The predicted octanol–water partition coefficient (Wildman–Crippen LogP) is 5.00. The summed E-state index contributed by atoms with van der Waals surface area (Å²) in [4.78, 5) is 27.8. The number of aryl methyl sites for hydroxylation is 1. The summed E-state index contributed by atoms with van der Waals surface area (Å²) < 4.78 is 41.9. The van der Waals surface area contributed by atoms with Crippen LogP contribution in [0.1, 0.15) is 41.5 Å². The Bertz CT molecular complexity index is 1370. The topological polar surface area (TPSA) is 88.3 Å². The van der Waals surface area contributed by atoms with E-state index in [2.05, 4.69) is 32.3 Å². The van der Waals surface area contributed by atoms with Gasteiger partial charge >= 0.3 is 6.18 Å². The number of hydrogen-bond acceptors (Lipinski definition) is 6. The molecule has 1 N–H and O–H groups in total. The Morgan fingerprint density at radius 1 is 1.14 bits per heavy atom. The quantitative estimate of drug-likeness (QED) is 0.398. The number of unbranched alkanes of at least 4 members (excludes halogenated alkanes) is 1. The maximum Gasteiger partial charge on any atom is 0.417 e. The molecule has 0 aliphatic heterocycles. The average molecular weight is 483 g/mol. The van der Waals surface area contributed by atoms with Crippen molar-refractivity contribution in [3.05, 3.63) is 65.7 Å². The lowest BCUT2D eigenvalue weighted by atomic mass is 10.0. The number of imidazole rings is 1. The van der Waals surface area contributed by atoms with Crippen LogP contribution in [0.4, 0.5) is 24.8 Å². The molecule has 0 aliphatic carbocycles. The first-order chi connectivity index (χ1) is 16.7. The highest BCUT2D eigenvalue weighted by Crippen LogP contribution is 2.36. The molecule has 11 heteroatoms. The van der Waals surface area contributed by atoms with Crippen molar-refractivity contribution in [2.45, 2.75) is 32.9 Å². The first-order valence-corrected chi connectivity index (χ1v) is 11.1. The predicted molar refractivity (Wildman–Crippen MR) is 126 cm³/mol. The minimum atomic E-state index is -4.55. The largest absolute Gasteiger partial charge is 0.417 e. The zero-order valence-corrected chi connectivity index (χ0v) is 19.5. The van der Waals surface area contributed by atoms with Crippen molar-refractivity contribution < 1.29 is 18.0 Å². The first-order valence-electron chi connectivity index (χ1n) is 11.1. The summed E-state index contributed by atoms with van der Waals surface area (Å²) in [5.41, 5.74) is -0.00989. The van der Waals surface area contributed by atoms with Gasteiger partial charge in [0.15, 0.2) is 11.3 Å². The van der Waals surface area contributed by atoms with E-state index >= 15 is 0 Å². The summed E-state index contributed by atoms with van der Waals surface area (Å²) in [6.45, 7) is 4.54. The highest BCUT2D eigenvalue weighted by atomic mass is 19.4. The van der Waals surface area contributed by atoms with E-state index in [1.165, 1.54) is 41.2 Å². The van der Waals surface area contributed by atoms with Crippen molar-refractivity contribution in [2.24, 2.45) is 0 Å². The van der Waals surface area contributed by atoms with Crippen molar-refractivity contribution in [1.82, 2.24) is 24.6 Å². The Labute approximate surface area is 199 Å². The number of fused-ring (bicyclic) bond motifs is 1. The molecule has 0 saturated carbocycles. The molecule has 0 spiro atoms. The third-order valence-corrected chi connectivity index (χ3v) is 5.51. The van der Waals surface area contributed by atoms with E-state index in [9.17, 15) is 18.0 Å². The number of carbonyl (C=O) groups is 1. The van der Waals surface area contributed by atoms with Crippen LogP contribution in [0, 0.1) is 6.92 Å². The second-order valence-electron chi connectivity index (χ2n) is 8.07. The number of amides is 1. The lowest BCUT2D eigenvalue weighted by Gasteiger charge is -2.18. The third-order valence-electron chi connectivity index (χ3n) is 5.51. The van der Waals surface area contributed by atoms with E-state index in [0.29, 0.717) is 17.2 Å². The van der Waals surface area contributed by atoms with Crippen molar-refractivity contribution in [3.63, 3.8) is 0 Å². The van der Waals surface area contributed by atoms with E-state index in [4.69, 9.17) is 0 Å². The highest BCUT2D eigenvalue weighted by molar-refractivity contribution is 6.04. The molecule has 182 valence electrons. The molecule has 1 amide bonds. The lowest BCUT2D eigenvalue weighted by Crippen LogP contribution is -2.21. The van der Waals surface area contributed by atoms with Crippen LogP contribution >= 0.6 is 0 Å². The molecule has 8 nitrogen and oxygen atoms in total. The summed E-state index contributed by atoms with van der Waals surface area (Å²) in [5.74, 6) is 0.406. The van der Waals surface area contributed by atoms with E-state index < -0.39 is 17.6 Å². The van der Waals surface area contributed by atoms with Crippen LogP contribution < -0.4 is 10.2 Å². The monoisotopic (exact) mass is 483 g/mol. The average Bonchev–Trinajstić information content (AvgIpc) is 3.17. The van der Waals surface area contributed by atoms with Gasteiger partial charge in [-0.05, 0) is 31.5 Å². The second-order valence-corrected chi connectivity index (χ2v) is 8.07. The number of hydrogen-bond donors (Lipinski definition) is 1. The van der Waals surface area contributed by atoms with Crippen LogP contribution in [0.3, 0.4) is 0 Å². The number of halogens is 3. The second kappa shape index (κ2) is 9.69. The Balaban J connectivity index is 1.68. The maximum atomic E-state index is 13.5. The summed E-state index contributed by atoms with van der Waals surface area (Å²) in [6.07, 6.45) is -1.16. The highest BCUT2D eigenvalue weighted by Gasteiger charge is 2.34. The summed E-state index contributed by atoms with van der Waals surface area (Å²) in [5, 5.41) is 7.06. The first kappa shape index (κ1) is 24.1. The molecule has 0 atom stereocenters. The molecule has 0 aliphatic rings. The zero-order chi connectivity index (χ0) is 25.2. The van der Waals surface area contributed by atoms with Crippen LogP contribution in [0.2, 0.25) is 0 Å².